The third-order valence-corrected chi connectivity index (χ3v) is 6.55. The van der Waals surface area contributed by atoms with Gasteiger partial charge in [0, 0.05) is 39.6 Å². The summed E-state index contributed by atoms with van der Waals surface area (Å²) in [5.41, 5.74) is 0.962. The van der Waals surface area contributed by atoms with Crippen LogP contribution in [0.2, 0.25) is 0 Å². The molecule has 0 saturated carbocycles. The van der Waals surface area contributed by atoms with Crippen molar-refractivity contribution in [1.29, 1.82) is 0 Å². The average molecular weight is 372 g/mol. The molecule has 0 aromatic heterocycles. The van der Waals surface area contributed by atoms with Crippen LogP contribution in [0.5, 0.6) is 17.2 Å². The van der Waals surface area contributed by atoms with Crippen molar-refractivity contribution in [2.45, 2.75) is 12.6 Å². The summed E-state index contributed by atoms with van der Waals surface area (Å²) in [5.74, 6) is 1.49. The van der Waals surface area contributed by atoms with E-state index < -0.39 is 16.1 Å². The summed E-state index contributed by atoms with van der Waals surface area (Å²) in [6.45, 7) is 1.69. The van der Waals surface area contributed by atoms with Crippen LogP contribution in [0.4, 0.5) is 0 Å². The highest BCUT2D eigenvalue weighted by Crippen LogP contribution is 2.42. The van der Waals surface area contributed by atoms with E-state index in [2.05, 4.69) is 0 Å². The number of rotatable bonds is 6. The molecule has 1 fully saturated rings. The number of hydrogen-bond acceptors (Lipinski definition) is 7. The van der Waals surface area contributed by atoms with Crippen LogP contribution in [0.25, 0.3) is 0 Å². The number of nitrogens with zero attached hydrogens (tertiary/aromatic N) is 2. The van der Waals surface area contributed by atoms with Crippen molar-refractivity contribution in [2.24, 2.45) is 5.92 Å². The molecule has 9 heteroatoms. The first-order valence-electron chi connectivity index (χ1n) is 8.07. The highest BCUT2D eigenvalue weighted by molar-refractivity contribution is 7.89. The Hall–Kier alpha value is -1.55. The van der Waals surface area contributed by atoms with Crippen LogP contribution in [0.15, 0.2) is 12.1 Å². The molecule has 1 aromatic carbocycles. The maximum absolute atomic E-state index is 12.1. The number of aliphatic hydroxyl groups is 1. The van der Waals surface area contributed by atoms with Gasteiger partial charge in [-0.3, -0.25) is 4.90 Å². The quantitative estimate of drug-likeness (QED) is 0.758. The molecular weight excluding hydrogens is 348 g/mol. The second kappa shape index (κ2) is 6.99. The van der Waals surface area contributed by atoms with Crippen LogP contribution in [0, 0.1) is 5.92 Å². The zero-order valence-corrected chi connectivity index (χ0v) is 15.5. The smallest absolute Gasteiger partial charge is 0.231 e. The number of fused-ring (bicyclic) bond motifs is 1. The lowest BCUT2D eigenvalue weighted by atomic mass is 10.1. The summed E-state index contributed by atoms with van der Waals surface area (Å²) in [6.07, 6.45) is -0.661. The lowest BCUT2D eigenvalue weighted by molar-refractivity contribution is 0.148. The third-order valence-electron chi connectivity index (χ3n) is 4.59. The van der Waals surface area contributed by atoms with Gasteiger partial charge in [0.05, 0.1) is 19.0 Å². The summed E-state index contributed by atoms with van der Waals surface area (Å²) in [6, 6.07) is 3.77. The molecule has 0 aliphatic carbocycles. The minimum absolute atomic E-state index is 0.0534. The van der Waals surface area contributed by atoms with E-state index in [0.717, 1.165) is 5.56 Å². The van der Waals surface area contributed by atoms with Crippen molar-refractivity contribution >= 4 is 10.0 Å². The molecule has 1 aromatic rings. The fourth-order valence-electron chi connectivity index (χ4n) is 3.19. The van der Waals surface area contributed by atoms with Crippen molar-refractivity contribution < 1.29 is 27.7 Å². The molecule has 1 N–H and O–H groups in total. The number of sulfonamides is 1. The van der Waals surface area contributed by atoms with E-state index >= 15 is 0 Å². The van der Waals surface area contributed by atoms with Gasteiger partial charge in [-0.25, -0.2) is 12.7 Å². The Morgan fingerprint density at radius 2 is 2.08 bits per heavy atom. The van der Waals surface area contributed by atoms with E-state index in [1.54, 1.807) is 7.11 Å². The summed E-state index contributed by atoms with van der Waals surface area (Å²) in [4.78, 5) is 2.04. The molecule has 2 aliphatic rings. The second-order valence-electron chi connectivity index (χ2n) is 6.61. The van der Waals surface area contributed by atoms with Crippen LogP contribution in [0.3, 0.4) is 0 Å². The predicted octanol–water partition coefficient (Wildman–Crippen LogP) is 0.108. The Morgan fingerprint density at radius 1 is 1.32 bits per heavy atom. The van der Waals surface area contributed by atoms with Crippen LogP contribution in [-0.4, -0.2) is 75.7 Å². The van der Waals surface area contributed by atoms with E-state index in [1.807, 2.05) is 17.0 Å². The summed E-state index contributed by atoms with van der Waals surface area (Å²) >= 11 is 0. The van der Waals surface area contributed by atoms with Gasteiger partial charge in [-0.2, -0.15) is 0 Å². The summed E-state index contributed by atoms with van der Waals surface area (Å²) in [5, 5.41) is 10.2. The fraction of sp³-hybridized carbons (Fsp3) is 0.625. The number of hydrogen-bond donors (Lipinski definition) is 1. The first-order chi connectivity index (χ1) is 11.8. The maximum atomic E-state index is 12.1. The van der Waals surface area contributed by atoms with E-state index in [9.17, 15) is 13.5 Å². The molecule has 2 aliphatic heterocycles. The van der Waals surface area contributed by atoms with Gasteiger partial charge in [0.1, 0.15) is 0 Å². The minimum Gasteiger partial charge on any atom is -0.493 e. The Kier molecular flexibility index (Phi) is 5.10. The number of β-amino-alcohol motifs (C(OH)–C–C–N with tert-alkyl or cyclic N) is 1. The fourth-order valence-corrected chi connectivity index (χ4v) is 4.35. The molecule has 0 unspecified atom stereocenters. The standard InChI is InChI=1S/C16H24N2O6S/c1-17(2)25(20,21)9-12-7-18(8-13(12)19)6-11-4-14(22-3)16-15(5-11)23-10-24-16/h4-5,12-13,19H,6-10H2,1-3H3/t12-,13+/m0/s1. The van der Waals surface area contributed by atoms with Crippen molar-refractivity contribution in [1.82, 2.24) is 9.21 Å². The predicted molar refractivity (Wildman–Crippen MR) is 91.4 cm³/mol. The van der Waals surface area contributed by atoms with E-state index in [4.69, 9.17) is 14.2 Å². The molecule has 2 atom stereocenters. The highest BCUT2D eigenvalue weighted by atomic mass is 32.2. The van der Waals surface area contributed by atoms with E-state index in [1.165, 1.54) is 18.4 Å². The SMILES string of the molecule is COc1cc(CN2C[C@@H](CS(=O)(=O)N(C)C)[C@H](O)C2)cc2c1OCO2. The molecule has 2 heterocycles. The molecule has 8 nitrogen and oxygen atoms in total. The number of methoxy groups -OCH3 is 1. The Bertz CT molecular complexity index is 736. The molecule has 0 bridgehead atoms. The van der Waals surface area contributed by atoms with Gasteiger partial charge >= 0.3 is 0 Å². The van der Waals surface area contributed by atoms with E-state index in [-0.39, 0.29) is 18.5 Å². The van der Waals surface area contributed by atoms with Crippen LogP contribution in [-0.2, 0) is 16.6 Å². The molecule has 25 heavy (non-hydrogen) atoms. The topological polar surface area (TPSA) is 88.5 Å². The second-order valence-corrected chi connectivity index (χ2v) is 8.84. The van der Waals surface area contributed by atoms with Gasteiger partial charge in [-0.05, 0) is 17.7 Å². The van der Waals surface area contributed by atoms with Crippen LogP contribution in [0.1, 0.15) is 5.56 Å². The Balaban J connectivity index is 1.69. The normalized spacial score (nSPS) is 23.4. The number of benzene rings is 1. The van der Waals surface area contributed by atoms with Crippen molar-refractivity contribution in [3.63, 3.8) is 0 Å². The lowest BCUT2D eigenvalue weighted by Gasteiger charge is -2.18. The summed E-state index contributed by atoms with van der Waals surface area (Å²) < 4.78 is 41.5. The van der Waals surface area contributed by atoms with Gasteiger partial charge < -0.3 is 19.3 Å². The first-order valence-corrected chi connectivity index (χ1v) is 9.68. The average Bonchev–Trinajstić information content (AvgIpc) is 3.13. The number of ether oxygens (including phenoxy) is 3. The van der Waals surface area contributed by atoms with Crippen molar-refractivity contribution in [3.05, 3.63) is 17.7 Å². The molecule has 3 rings (SSSR count). The number of likely N-dealkylation sites (tertiary alicyclic amines) is 1. The van der Waals surface area contributed by atoms with Gasteiger partial charge in [-0.15, -0.1) is 0 Å². The zero-order valence-electron chi connectivity index (χ0n) is 14.6. The van der Waals surface area contributed by atoms with Gasteiger partial charge in [-0.1, -0.05) is 0 Å². The van der Waals surface area contributed by atoms with Crippen molar-refractivity contribution in [3.8, 4) is 17.2 Å². The molecule has 0 spiro atoms. The van der Waals surface area contributed by atoms with Crippen LogP contribution < -0.4 is 14.2 Å². The molecule has 0 radical (unpaired) electrons. The minimum atomic E-state index is -3.34. The molecule has 140 valence electrons. The van der Waals surface area contributed by atoms with Crippen molar-refractivity contribution in [2.75, 3.05) is 46.8 Å². The van der Waals surface area contributed by atoms with E-state index in [0.29, 0.717) is 36.9 Å². The van der Waals surface area contributed by atoms with Gasteiger partial charge in [0.2, 0.25) is 22.6 Å². The first kappa shape index (κ1) is 18.2. The lowest BCUT2D eigenvalue weighted by Crippen LogP contribution is -2.33. The Labute approximate surface area is 147 Å². The highest BCUT2D eigenvalue weighted by Gasteiger charge is 2.35. The monoisotopic (exact) mass is 372 g/mol. The maximum Gasteiger partial charge on any atom is 0.231 e. The summed E-state index contributed by atoms with van der Waals surface area (Å²) in [7, 11) is 1.25. The van der Waals surface area contributed by atoms with Gasteiger partial charge in [0.15, 0.2) is 11.5 Å². The van der Waals surface area contributed by atoms with Crippen LogP contribution >= 0.6 is 0 Å². The van der Waals surface area contributed by atoms with Gasteiger partial charge in [0.25, 0.3) is 0 Å². The molecule has 0 amide bonds. The molecule has 1 saturated heterocycles. The third kappa shape index (κ3) is 3.84. The zero-order chi connectivity index (χ0) is 18.2. The largest absolute Gasteiger partial charge is 0.493 e. The Morgan fingerprint density at radius 3 is 2.76 bits per heavy atom. The molecular formula is C16H24N2O6S. The number of aliphatic hydroxyl groups excluding tert-OH is 1.